The lowest BCUT2D eigenvalue weighted by Crippen LogP contribution is -2.41. The summed E-state index contributed by atoms with van der Waals surface area (Å²) < 4.78 is 5.16. The Bertz CT molecular complexity index is 401. The Morgan fingerprint density at radius 1 is 1.45 bits per heavy atom. The van der Waals surface area contributed by atoms with E-state index in [0.717, 1.165) is 32.2 Å². The Hall–Kier alpha value is -0.910. The van der Waals surface area contributed by atoms with Crippen LogP contribution in [0.25, 0.3) is 0 Å². The van der Waals surface area contributed by atoms with Crippen LogP contribution in [0.3, 0.4) is 0 Å². The van der Waals surface area contributed by atoms with Gasteiger partial charge in [-0.3, -0.25) is 0 Å². The minimum Gasteiger partial charge on any atom is -0.383 e. The highest BCUT2D eigenvalue weighted by Crippen LogP contribution is 2.19. The predicted molar refractivity (Wildman–Crippen MR) is 81.4 cm³/mol. The van der Waals surface area contributed by atoms with E-state index in [1.54, 1.807) is 19.5 Å². The van der Waals surface area contributed by atoms with Crippen molar-refractivity contribution in [2.75, 3.05) is 51.8 Å². The third-order valence-electron chi connectivity index (χ3n) is 3.69. The number of methoxy groups -OCH3 is 1. The number of likely N-dealkylation sites (tertiary alicyclic amines) is 1. The Kier molecular flexibility index (Phi) is 6.01. The van der Waals surface area contributed by atoms with Crippen molar-refractivity contribution in [1.82, 2.24) is 14.9 Å². The third kappa shape index (κ3) is 4.58. The van der Waals surface area contributed by atoms with Crippen molar-refractivity contribution in [2.45, 2.75) is 12.8 Å². The van der Waals surface area contributed by atoms with Gasteiger partial charge in [-0.2, -0.15) is 0 Å². The summed E-state index contributed by atoms with van der Waals surface area (Å²) in [7, 11) is 3.80. The number of hydrogen-bond donors (Lipinski definition) is 0. The molecule has 0 bridgehead atoms. The largest absolute Gasteiger partial charge is 0.383 e. The van der Waals surface area contributed by atoms with Crippen LogP contribution in [-0.2, 0) is 4.74 Å². The van der Waals surface area contributed by atoms with Gasteiger partial charge in [0.25, 0.3) is 0 Å². The van der Waals surface area contributed by atoms with Crippen LogP contribution in [0, 0.1) is 5.92 Å². The maximum atomic E-state index is 5.81. The molecule has 20 heavy (non-hydrogen) atoms. The summed E-state index contributed by atoms with van der Waals surface area (Å²) in [6, 6.07) is 0. The first-order valence-corrected chi connectivity index (χ1v) is 7.47. The lowest BCUT2D eigenvalue weighted by Gasteiger charge is -2.34. The van der Waals surface area contributed by atoms with E-state index in [0.29, 0.717) is 10.9 Å². The average molecular weight is 299 g/mol. The van der Waals surface area contributed by atoms with E-state index >= 15 is 0 Å². The fraction of sp³-hybridized carbons (Fsp3) is 0.714. The van der Waals surface area contributed by atoms with E-state index in [1.807, 2.05) is 7.05 Å². The quantitative estimate of drug-likeness (QED) is 0.803. The Morgan fingerprint density at radius 2 is 2.20 bits per heavy atom. The fourth-order valence-electron chi connectivity index (χ4n) is 2.70. The molecule has 1 aliphatic rings. The molecule has 0 radical (unpaired) electrons. The van der Waals surface area contributed by atoms with Gasteiger partial charge < -0.3 is 14.5 Å². The van der Waals surface area contributed by atoms with Crippen molar-refractivity contribution in [3.8, 4) is 0 Å². The van der Waals surface area contributed by atoms with Gasteiger partial charge in [-0.15, -0.1) is 0 Å². The molecule has 6 heteroatoms. The molecule has 0 aliphatic carbocycles. The fourth-order valence-corrected chi connectivity index (χ4v) is 2.79. The third-order valence-corrected chi connectivity index (χ3v) is 3.89. The first-order chi connectivity index (χ1) is 9.69. The molecular weight excluding hydrogens is 276 g/mol. The van der Waals surface area contributed by atoms with Crippen molar-refractivity contribution < 1.29 is 4.74 Å². The molecule has 0 spiro atoms. The first-order valence-electron chi connectivity index (χ1n) is 7.09. The van der Waals surface area contributed by atoms with E-state index in [4.69, 9.17) is 16.3 Å². The highest BCUT2D eigenvalue weighted by atomic mass is 35.5. The molecule has 112 valence electrons. The van der Waals surface area contributed by atoms with Crippen LogP contribution in [0.2, 0.25) is 5.02 Å². The molecule has 5 nitrogen and oxygen atoms in total. The van der Waals surface area contributed by atoms with Crippen LogP contribution in [0.4, 0.5) is 5.95 Å². The predicted octanol–water partition coefficient (Wildman–Crippen LogP) is 1.92. The zero-order chi connectivity index (χ0) is 14.4. The van der Waals surface area contributed by atoms with Crippen LogP contribution >= 0.6 is 11.6 Å². The highest BCUT2D eigenvalue weighted by Gasteiger charge is 2.21. The molecule has 2 heterocycles. The Labute approximate surface area is 125 Å². The van der Waals surface area contributed by atoms with Crippen molar-refractivity contribution in [3.05, 3.63) is 17.4 Å². The summed E-state index contributed by atoms with van der Waals surface area (Å²) in [6.07, 6.45) is 5.81. The summed E-state index contributed by atoms with van der Waals surface area (Å²) >= 11 is 5.81. The minimum absolute atomic E-state index is 0.575. The molecule has 0 saturated carbocycles. The molecule has 0 N–H and O–H groups in total. The van der Waals surface area contributed by atoms with Gasteiger partial charge in [-0.05, 0) is 25.3 Å². The zero-order valence-corrected chi connectivity index (χ0v) is 13.0. The Balaban J connectivity index is 1.84. The van der Waals surface area contributed by atoms with E-state index in [1.165, 1.54) is 19.4 Å². The van der Waals surface area contributed by atoms with E-state index in [-0.39, 0.29) is 0 Å². The van der Waals surface area contributed by atoms with Gasteiger partial charge >= 0.3 is 0 Å². The number of hydrogen-bond acceptors (Lipinski definition) is 5. The molecule has 1 fully saturated rings. The van der Waals surface area contributed by atoms with Gasteiger partial charge in [-0.1, -0.05) is 11.6 Å². The lowest BCUT2D eigenvalue weighted by atomic mass is 9.97. The second-order valence-electron chi connectivity index (χ2n) is 5.38. The number of piperidine rings is 1. The summed E-state index contributed by atoms with van der Waals surface area (Å²) in [4.78, 5) is 13.1. The average Bonchev–Trinajstić information content (AvgIpc) is 2.46. The zero-order valence-electron chi connectivity index (χ0n) is 12.3. The van der Waals surface area contributed by atoms with Crippen molar-refractivity contribution in [2.24, 2.45) is 5.92 Å². The van der Waals surface area contributed by atoms with Gasteiger partial charge in [0.2, 0.25) is 5.95 Å². The molecule has 0 amide bonds. The van der Waals surface area contributed by atoms with Crippen LogP contribution in [-0.4, -0.2) is 61.8 Å². The molecule has 2 rings (SSSR count). The number of anilines is 1. The van der Waals surface area contributed by atoms with E-state index in [2.05, 4.69) is 19.8 Å². The highest BCUT2D eigenvalue weighted by molar-refractivity contribution is 6.30. The molecule has 0 aromatic carbocycles. The second-order valence-corrected chi connectivity index (χ2v) is 5.82. The molecule has 0 unspecified atom stereocenters. The molecular formula is C14H23ClN4O. The standard InChI is InChI=1S/C14H23ClN4O/c1-18(14-16-8-13(15)9-17-14)10-12-4-3-5-19(11-12)6-7-20-2/h8-9,12H,3-7,10-11H2,1-2H3/t12-/m0/s1. The molecule has 1 atom stereocenters. The topological polar surface area (TPSA) is 41.5 Å². The summed E-state index contributed by atoms with van der Waals surface area (Å²) in [6.45, 7) is 5.12. The minimum atomic E-state index is 0.575. The van der Waals surface area contributed by atoms with Gasteiger partial charge in [0.1, 0.15) is 0 Å². The van der Waals surface area contributed by atoms with Gasteiger partial charge in [0.15, 0.2) is 0 Å². The molecule has 1 saturated heterocycles. The maximum Gasteiger partial charge on any atom is 0.225 e. The summed E-state index contributed by atoms with van der Waals surface area (Å²) in [5.41, 5.74) is 0. The molecule has 1 aromatic rings. The molecule has 1 aliphatic heterocycles. The number of halogens is 1. The van der Waals surface area contributed by atoms with Crippen LogP contribution in [0.1, 0.15) is 12.8 Å². The van der Waals surface area contributed by atoms with Gasteiger partial charge in [0.05, 0.1) is 24.0 Å². The van der Waals surface area contributed by atoms with Crippen LogP contribution in [0.15, 0.2) is 12.4 Å². The SMILES string of the molecule is COCCN1CCC[C@@H](CN(C)c2ncc(Cl)cn2)C1. The lowest BCUT2D eigenvalue weighted by molar-refractivity contribution is 0.116. The number of aromatic nitrogens is 2. The smallest absolute Gasteiger partial charge is 0.225 e. The number of nitrogens with zero attached hydrogens (tertiary/aromatic N) is 4. The van der Waals surface area contributed by atoms with E-state index < -0.39 is 0 Å². The number of ether oxygens (including phenoxy) is 1. The molecule has 1 aromatic heterocycles. The van der Waals surface area contributed by atoms with Crippen molar-refractivity contribution in [1.29, 1.82) is 0 Å². The maximum absolute atomic E-state index is 5.81. The van der Waals surface area contributed by atoms with Crippen molar-refractivity contribution >= 4 is 17.5 Å². The van der Waals surface area contributed by atoms with Crippen molar-refractivity contribution in [3.63, 3.8) is 0 Å². The van der Waals surface area contributed by atoms with Crippen LogP contribution in [0.5, 0.6) is 0 Å². The van der Waals surface area contributed by atoms with Gasteiger partial charge in [0, 0.05) is 33.8 Å². The normalized spacial score (nSPS) is 20.1. The first kappa shape index (κ1) is 15.5. The van der Waals surface area contributed by atoms with Gasteiger partial charge in [-0.25, -0.2) is 9.97 Å². The number of rotatable bonds is 6. The summed E-state index contributed by atoms with van der Waals surface area (Å²) in [5.74, 6) is 1.40. The second kappa shape index (κ2) is 7.76. The van der Waals surface area contributed by atoms with Crippen LogP contribution < -0.4 is 4.90 Å². The summed E-state index contributed by atoms with van der Waals surface area (Å²) in [5, 5.41) is 0.575. The Morgan fingerprint density at radius 3 is 2.90 bits per heavy atom. The van der Waals surface area contributed by atoms with E-state index in [9.17, 15) is 0 Å². The monoisotopic (exact) mass is 298 g/mol.